The van der Waals surface area contributed by atoms with Crippen LogP contribution in [0, 0.1) is 0 Å². The van der Waals surface area contributed by atoms with Gasteiger partial charge in [0, 0.05) is 58.1 Å². The zero-order valence-corrected chi connectivity index (χ0v) is 17.1. The molecule has 1 fully saturated rings. The SMILES string of the molecule is COc1nn(C)cc1C(=O)N1CCN(CCNC(=O)c2ccc3nc[nH]c3c2)CC1. The maximum Gasteiger partial charge on any atom is 0.261 e. The van der Waals surface area contributed by atoms with Gasteiger partial charge in [-0.05, 0) is 18.2 Å². The Morgan fingerprint density at radius 1 is 1.23 bits per heavy atom. The predicted molar refractivity (Wildman–Crippen MR) is 111 cm³/mol. The van der Waals surface area contributed by atoms with Crippen molar-refractivity contribution in [1.82, 2.24) is 34.9 Å². The Morgan fingerprint density at radius 2 is 2.03 bits per heavy atom. The maximum atomic E-state index is 12.7. The highest BCUT2D eigenvalue weighted by atomic mass is 16.5. The number of benzene rings is 1. The smallest absolute Gasteiger partial charge is 0.261 e. The van der Waals surface area contributed by atoms with Crippen molar-refractivity contribution in [2.75, 3.05) is 46.4 Å². The molecule has 0 aliphatic carbocycles. The van der Waals surface area contributed by atoms with Gasteiger partial charge in [-0.1, -0.05) is 0 Å². The van der Waals surface area contributed by atoms with Crippen LogP contribution in [0.5, 0.6) is 5.88 Å². The number of nitrogens with one attached hydrogen (secondary N) is 2. The number of aryl methyl sites for hydroxylation is 1. The fourth-order valence-corrected chi connectivity index (χ4v) is 3.62. The van der Waals surface area contributed by atoms with Gasteiger partial charge in [0.2, 0.25) is 5.88 Å². The Balaban J connectivity index is 1.24. The molecule has 4 rings (SSSR count). The number of aromatic amines is 1. The van der Waals surface area contributed by atoms with Gasteiger partial charge < -0.3 is 19.9 Å². The lowest BCUT2D eigenvalue weighted by molar-refractivity contribution is 0.0635. The Morgan fingerprint density at radius 3 is 2.80 bits per heavy atom. The normalized spacial score (nSPS) is 14.8. The molecule has 10 heteroatoms. The molecule has 2 N–H and O–H groups in total. The molecule has 0 unspecified atom stereocenters. The molecule has 1 aliphatic rings. The first-order valence-electron chi connectivity index (χ1n) is 9.86. The number of fused-ring (bicyclic) bond motifs is 1. The van der Waals surface area contributed by atoms with E-state index < -0.39 is 0 Å². The third-order valence-corrected chi connectivity index (χ3v) is 5.27. The fourth-order valence-electron chi connectivity index (χ4n) is 3.62. The van der Waals surface area contributed by atoms with Crippen LogP contribution in [0.2, 0.25) is 0 Å². The number of carbonyl (C=O) groups excluding carboxylic acids is 2. The van der Waals surface area contributed by atoms with E-state index >= 15 is 0 Å². The number of H-pyrrole nitrogens is 1. The lowest BCUT2D eigenvalue weighted by Gasteiger charge is -2.34. The second-order valence-corrected chi connectivity index (χ2v) is 7.25. The van der Waals surface area contributed by atoms with Crippen LogP contribution in [0.15, 0.2) is 30.7 Å². The molecule has 1 aliphatic heterocycles. The van der Waals surface area contributed by atoms with Crippen LogP contribution in [0.4, 0.5) is 0 Å². The summed E-state index contributed by atoms with van der Waals surface area (Å²) in [6.45, 7) is 4.04. The topological polar surface area (TPSA) is 108 Å². The van der Waals surface area contributed by atoms with Gasteiger partial charge in [-0.3, -0.25) is 19.2 Å². The summed E-state index contributed by atoms with van der Waals surface area (Å²) in [6, 6.07) is 5.40. The largest absolute Gasteiger partial charge is 0.479 e. The van der Waals surface area contributed by atoms with Gasteiger partial charge in [0.15, 0.2) is 0 Å². The molecular weight excluding hydrogens is 386 g/mol. The average molecular weight is 411 g/mol. The van der Waals surface area contributed by atoms with Crippen molar-refractivity contribution in [2.45, 2.75) is 0 Å². The number of rotatable bonds is 6. The maximum absolute atomic E-state index is 12.7. The highest BCUT2D eigenvalue weighted by molar-refractivity contribution is 5.97. The molecule has 0 saturated carbocycles. The standard InChI is InChI=1S/C20H25N7O3/c1-25-12-15(19(24-25)30-2)20(29)27-9-7-26(8-10-27)6-5-21-18(28)14-3-4-16-17(11-14)23-13-22-16/h3-4,11-13H,5-10H2,1-2H3,(H,21,28)(H,22,23). The van der Waals surface area contributed by atoms with Gasteiger partial charge in [0.1, 0.15) is 5.56 Å². The molecule has 3 heterocycles. The minimum atomic E-state index is -0.107. The van der Waals surface area contributed by atoms with Gasteiger partial charge in [-0.15, -0.1) is 5.10 Å². The van der Waals surface area contributed by atoms with Crippen molar-refractivity contribution in [3.05, 3.63) is 41.9 Å². The van der Waals surface area contributed by atoms with Crippen LogP contribution < -0.4 is 10.1 Å². The molecule has 1 saturated heterocycles. The number of nitrogens with zero attached hydrogens (tertiary/aromatic N) is 5. The summed E-state index contributed by atoms with van der Waals surface area (Å²) >= 11 is 0. The molecule has 2 aromatic heterocycles. The van der Waals surface area contributed by atoms with E-state index in [0.29, 0.717) is 36.6 Å². The Labute approximate surface area is 173 Å². The number of methoxy groups -OCH3 is 1. The number of carbonyl (C=O) groups is 2. The second-order valence-electron chi connectivity index (χ2n) is 7.25. The van der Waals surface area contributed by atoms with Crippen LogP contribution in [0.1, 0.15) is 20.7 Å². The number of hydrogen-bond donors (Lipinski definition) is 2. The molecule has 0 radical (unpaired) electrons. The van der Waals surface area contributed by atoms with E-state index in [1.807, 2.05) is 11.0 Å². The van der Waals surface area contributed by atoms with E-state index in [1.165, 1.54) is 7.11 Å². The van der Waals surface area contributed by atoms with E-state index in [2.05, 4.69) is 25.3 Å². The van der Waals surface area contributed by atoms with E-state index in [-0.39, 0.29) is 11.8 Å². The minimum Gasteiger partial charge on any atom is -0.479 e. The first kappa shape index (κ1) is 19.9. The third kappa shape index (κ3) is 4.13. The number of ether oxygens (including phenoxy) is 1. The first-order valence-corrected chi connectivity index (χ1v) is 9.86. The number of aromatic nitrogens is 4. The van der Waals surface area contributed by atoms with Crippen LogP contribution in [0.3, 0.4) is 0 Å². The van der Waals surface area contributed by atoms with Crippen LogP contribution in [-0.2, 0) is 7.05 Å². The average Bonchev–Trinajstić information content (AvgIpc) is 3.39. The molecule has 0 spiro atoms. The molecule has 3 aromatic rings. The molecular formula is C20H25N7O3. The molecule has 0 bridgehead atoms. The molecule has 1 aromatic carbocycles. The van der Waals surface area contributed by atoms with Crippen molar-refractivity contribution in [2.24, 2.45) is 7.05 Å². The fraction of sp³-hybridized carbons (Fsp3) is 0.400. The van der Waals surface area contributed by atoms with E-state index in [4.69, 9.17) is 4.74 Å². The van der Waals surface area contributed by atoms with Crippen LogP contribution in [0.25, 0.3) is 11.0 Å². The molecule has 30 heavy (non-hydrogen) atoms. The molecule has 158 valence electrons. The quantitative estimate of drug-likeness (QED) is 0.611. The monoisotopic (exact) mass is 411 g/mol. The van der Waals surface area contributed by atoms with Gasteiger partial charge >= 0.3 is 0 Å². The summed E-state index contributed by atoms with van der Waals surface area (Å²) < 4.78 is 6.77. The summed E-state index contributed by atoms with van der Waals surface area (Å²) in [6.07, 6.45) is 3.30. The van der Waals surface area contributed by atoms with Crippen molar-refractivity contribution in [3.8, 4) is 5.88 Å². The van der Waals surface area contributed by atoms with E-state index in [0.717, 1.165) is 30.7 Å². The Hall–Kier alpha value is -3.40. The van der Waals surface area contributed by atoms with Crippen molar-refractivity contribution < 1.29 is 14.3 Å². The van der Waals surface area contributed by atoms with Gasteiger partial charge in [-0.2, -0.15) is 0 Å². The van der Waals surface area contributed by atoms with Gasteiger partial charge in [0.25, 0.3) is 11.8 Å². The minimum absolute atomic E-state index is 0.0675. The second kappa shape index (κ2) is 8.54. The predicted octanol–water partition coefficient (Wildman–Crippen LogP) is 0.493. The number of amides is 2. The van der Waals surface area contributed by atoms with Crippen LogP contribution in [-0.4, -0.2) is 87.7 Å². The molecule has 10 nitrogen and oxygen atoms in total. The number of imidazole rings is 1. The summed E-state index contributed by atoms with van der Waals surface area (Å²) in [7, 11) is 3.27. The molecule has 0 atom stereocenters. The highest BCUT2D eigenvalue weighted by Crippen LogP contribution is 2.18. The number of piperazine rings is 1. The summed E-state index contributed by atoms with van der Waals surface area (Å²) in [5.41, 5.74) is 2.76. The Bertz CT molecular complexity index is 1050. The van der Waals surface area contributed by atoms with Gasteiger partial charge in [0.05, 0.1) is 24.5 Å². The molecule has 2 amide bonds. The summed E-state index contributed by atoms with van der Waals surface area (Å²) in [5, 5.41) is 7.10. The van der Waals surface area contributed by atoms with Crippen molar-refractivity contribution >= 4 is 22.8 Å². The lowest BCUT2D eigenvalue weighted by Crippen LogP contribution is -2.50. The summed E-state index contributed by atoms with van der Waals surface area (Å²) in [5.74, 6) is 0.173. The lowest BCUT2D eigenvalue weighted by atomic mass is 10.2. The van der Waals surface area contributed by atoms with Gasteiger partial charge in [-0.25, -0.2) is 4.98 Å². The Kier molecular flexibility index (Phi) is 5.66. The third-order valence-electron chi connectivity index (χ3n) is 5.27. The van der Waals surface area contributed by atoms with E-state index in [9.17, 15) is 9.59 Å². The zero-order valence-electron chi connectivity index (χ0n) is 17.1. The zero-order chi connectivity index (χ0) is 21.1. The highest BCUT2D eigenvalue weighted by Gasteiger charge is 2.26. The first-order chi connectivity index (χ1) is 14.5. The van der Waals surface area contributed by atoms with Crippen molar-refractivity contribution in [3.63, 3.8) is 0 Å². The van der Waals surface area contributed by atoms with E-state index in [1.54, 1.807) is 36.4 Å². The van der Waals surface area contributed by atoms with Crippen molar-refractivity contribution in [1.29, 1.82) is 0 Å². The summed E-state index contributed by atoms with van der Waals surface area (Å²) in [4.78, 5) is 36.3. The number of hydrogen-bond acceptors (Lipinski definition) is 6. The van der Waals surface area contributed by atoms with Crippen LogP contribution >= 0.6 is 0 Å².